The molecule has 4 nitrogen and oxygen atoms in total. The summed E-state index contributed by atoms with van der Waals surface area (Å²) in [6.45, 7) is 2.11. The van der Waals surface area contributed by atoms with Crippen LogP contribution in [0, 0.1) is 5.92 Å². The monoisotopic (exact) mass is 159 g/mol. The third kappa shape index (κ3) is 3.60. The lowest BCUT2D eigenvalue weighted by molar-refractivity contribution is -0.145. The molecule has 4 heteroatoms. The molecule has 0 heterocycles. The Kier molecular flexibility index (Phi) is 4.26. The van der Waals surface area contributed by atoms with Crippen molar-refractivity contribution in [3.63, 3.8) is 0 Å². The summed E-state index contributed by atoms with van der Waals surface area (Å²) >= 11 is 0. The van der Waals surface area contributed by atoms with E-state index in [1.54, 1.807) is 14.0 Å². The minimum Gasteiger partial charge on any atom is -0.469 e. The van der Waals surface area contributed by atoms with E-state index in [9.17, 15) is 9.59 Å². The lowest BCUT2D eigenvalue weighted by atomic mass is 10.2. The molecule has 0 fully saturated rings. The highest BCUT2D eigenvalue weighted by molar-refractivity contribution is 5.72. The van der Waals surface area contributed by atoms with Gasteiger partial charge in [0, 0.05) is 13.6 Å². The van der Waals surface area contributed by atoms with Crippen molar-refractivity contribution in [3.8, 4) is 0 Å². The molecule has 1 unspecified atom stereocenters. The highest BCUT2D eigenvalue weighted by atomic mass is 16.5. The maximum atomic E-state index is 10.8. The molecule has 0 aromatic heterocycles. The van der Waals surface area contributed by atoms with Crippen LogP contribution in [0.25, 0.3) is 0 Å². The molecule has 0 aliphatic heterocycles. The van der Waals surface area contributed by atoms with E-state index in [4.69, 9.17) is 0 Å². The molecule has 1 atom stereocenters. The van der Waals surface area contributed by atoms with Crippen LogP contribution < -0.4 is 0 Å². The first kappa shape index (κ1) is 9.94. The van der Waals surface area contributed by atoms with Crippen LogP contribution in [0.3, 0.4) is 0 Å². The zero-order valence-corrected chi connectivity index (χ0v) is 7.03. The molecule has 1 amide bonds. The molecule has 64 valence electrons. The summed E-state index contributed by atoms with van der Waals surface area (Å²) in [5, 5.41) is 0. The zero-order valence-electron chi connectivity index (χ0n) is 7.03. The van der Waals surface area contributed by atoms with Crippen LogP contribution >= 0.6 is 0 Å². The van der Waals surface area contributed by atoms with Crippen LogP contribution in [-0.2, 0) is 14.3 Å². The molecule has 0 spiro atoms. The van der Waals surface area contributed by atoms with Gasteiger partial charge in [-0.3, -0.25) is 9.59 Å². The Balaban J connectivity index is 3.76. The topological polar surface area (TPSA) is 46.6 Å². The average molecular weight is 159 g/mol. The third-order valence-corrected chi connectivity index (χ3v) is 1.35. The fourth-order valence-electron chi connectivity index (χ4n) is 0.751. The van der Waals surface area contributed by atoms with E-state index in [-0.39, 0.29) is 11.9 Å². The first-order valence-electron chi connectivity index (χ1n) is 3.35. The number of rotatable bonds is 4. The summed E-state index contributed by atoms with van der Waals surface area (Å²) in [5.74, 6) is -0.547. The Labute approximate surface area is 66.1 Å². The highest BCUT2D eigenvalue weighted by Crippen LogP contribution is 1.98. The van der Waals surface area contributed by atoms with E-state index in [0.717, 1.165) is 0 Å². The molecule has 0 bridgehead atoms. The largest absolute Gasteiger partial charge is 0.469 e. The van der Waals surface area contributed by atoms with Crippen molar-refractivity contribution >= 4 is 12.4 Å². The van der Waals surface area contributed by atoms with Crippen molar-refractivity contribution in [1.82, 2.24) is 4.90 Å². The molecule has 0 radical (unpaired) electrons. The van der Waals surface area contributed by atoms with Gasteiger partial charge < -0.3 is 9.64 Å². The van der Waals surface area contributed by atoms with Crippen molar-refractivity contribution in [1.29, 1.82) is 0 Å². The quantitative estimate of drug-likeness (QED) is 0.424. The number of methoxy groups -OCH3 is 1. The van der Waals surface area contributed by atoms with E-state index < -0.39 is 0 Å². The molecule has 0 aliphatic carbocycles. The number of carbonyl (C=O) groups is 2. The van der Waals surface area contributed by atoms with Crippen molar-refractivity contribution in [2.75, 3.05) is 20.7 Å². The minimum absolute atomic E-state index is 0.254. The number of hydrogen-bond acceptors (Lipinski definition) is 3. The molecular weight excluding hydrogens is 146 g/mol. The van der Waals surface area contributed by atoms with Gasteiger partial charge in [0.1, 0.15) is 0 Å². The minimum atomic E-state index is -0.293. The Hall–Kier alpha value is -1.06. The van der Waals surface area contributed by atoms with Gasteiger partial charge in [-0.05, 0) is 0 Å². The summed E-state index contributed by atoms with van der Waals surface area (Å²) in [6.07, 6.45) is 0.680. The number of esters is 1. The Morgan fingerprint density at radius 1 is 1.73 bits per heavy atom. The van der Waals surface area contributed by atoms with E-state index in [1.165, 1.54) is 12.0 Å². The fraction of sp³-hybridized carbons (Fsp3) is 0.714. The summed E-state index contributed by atoms with van der Waals surface area (Å²) in [7, 11) is 2.95. The average Bonchev–Trinajstić information content (AvgIpc) is 2.02. The molecule has 0 aromatic rings. The van der Waals surface area contributed by atoms with Crippen LogP contribution in [-0.4, -0.2) is 38.0 Å². The standard InChI is InChI=1S/C7H13NO3/c1-6(7(10)11-3)4-8(2)5-9/h5-6H,4H2,1-3H3. The Morgan fingerprint density at radius 2 is 2.27 bits per heavy atom. The molecule has 0 saturated carbocycles. The Bertz CT molecular complexity index is 147. The summed E-state index contributed by atoms with van der Waals surface area (Å²) in [5.41, 5.74) is 0. The number of ether oxygens (including phenoxy) is 1. The maximum Gasteiger partial charge on any atom is 0.310 e. The van der Waals surface area contributed by atoms with Crippen molar-refractivity contribution in [2.45, 2.75) is 6.92 Å². The van der Waals surface area contributed by atoms with Crippen LogP contribution in [0.2, 0.25) is 0 Å². The molecule has 0 rings (SSSR count). The van der Waals surface area contributed by atoms with E-state index in [2.05, 4.69) is 4.74 Å². The van der Waals surface area contributed by atoms with Gasteiger partial charge in [-0.1, -0.05) is 6.92 Å². The second-order valence-electron chi connectivity index (χ2n) is 2.47. The summed E-state index contributed by atoms with van der Waals surface area (Å²) in [4.78, 5) is 22.3. The van der Waals surface area contributed by atoms with Crippen LogP contribution in [0.1, 0.15) is 6.92 Å². The third-order valence-electron chi connectivity index (χ3n) is 1.35. The van der Waals surface area contributed by atoms with Crippen molar-refractivity contribution < 1.29 is 14.3 Å². The predicted octanol–water partition coefficient (Wildman–Crippen LogP) is -0.116. The first-order valence-corrected chi connectivity index (χ1v) is 3.35. The van der Waals surface area contributed by atoms with Crippen LogP contribution in [0.5, 0.6) is 0 Å². The Morgan fingerprint density at radius 3 is 2.64 bits per heavy atom. The van der Waals surface area contributed by atoms with E-state index in [0.29, 0.717) is 13.0 Å². The second kappa shape index (κ2) is 4.71. The van der Waals surface area contributed by atoms with Gasteiger partial charge in [-0.2, -0.15) is 0 Å². The van der Waals surface area contributed by atoms with Gasteiger partial charge in [0.15, 0.2) is 0 Å². The fourth-order valence-corrected chi connectivity index (χ4v) is 0.751. The lowest BCUT2D eigenvalue weighted by Gasteiger charge is -2.14. The highest BCUT2D eigenvalue weighted by Gasteiger charge is 2.13. The predicted molar refractivity (Wildman–Crippen MR) is 39.9 cm³/mol. The van der Waals surface area contributed by atoms with Crippen molar-refractivity contribution in [3.05, 3.63) is 0 Å². The summed E-state index contributed by atoms with van der Waals surface area (Å²) < 4.78 is 4.48. The van der Waals surface area contributed by atoms with Crippen LogP contribution in [0.4, 0.5) is 0 Å². The maximum absolute atomic E-state index is 10.8. The molecule has 0 saturated heterocycles. The first-order chi connectivity index (χ1) is 5.11. The number of amides is 1. The van der Waals surface area contributed by atoms with E-state index >= 15 is 0 Å². The van der Waals surface area contributed by atoms with Crippen molar-refractivity contribution in [2.24, 2.45) is 5.92 Å². The SMILES string of the molecule is COC(=O)C(C)CN(C)C=O. The van der Waals surface area contributed by atoms with E-state index in [1.807, 2.05) is 0 Å². The normalized spacial score (nSPS) is 11.9. The second-order valence-corrected chi connectivity index (χ2v) is 2.47. The van der Waals surface area contributed by atoms with Gasteiger partial charge in [-0.15, -0.1) is 0 Å². The zero-order chi connectivity index (χ0) is 8.85. The molecule has 11 heavy (non-hydrogen) atoms. The van der Waals surface area contributed by atoms with Gasteiger partial charge in [0.25, 0.3) is 0 Å². The summed E-state index contributed by atoms with van der Waals surface area (Å²) in [6, 6.07) is 0. The van der Waals surface area contributed by atoms with Gasteiger partial charge in [-0.25, -0.2) is 0 Å². The number of carbonyl (C=O) groups excluding carboxylic acids is 2. The van der Waals surface area contributed by atoms with Gasteiger partial charge in [0.05, 0.1) is 13.0 Å². The smallest absolute Gasteiger partial charge is 0.310 e. The van der Waals surface area contributed by atoms with Crippen LogP contribution in [0.15, 0.2) is 0 Å². The molecule has 0 aromatic carbocycles. The number of nitrogens with zero attached hydrogens (tertiary/aromatic N) is 1. The van der Waals surface area contributed by atoms with Gasteiger partial charge >= 0.3 is 5.97 Å². The molecule has 0 N–H and O–H groups in total. The molecule has 0 aliphatic rings. The molecular formula is C7H13NO3. The lowest BCUT2D eigenvalue weighted by Crippen LogP contribution is -2.28. The van der Waals surface area contributed by atoms with Gasteiger partial charge in [0.2, 0.25) is 6.41 Å². The number of hydrogen-bond donors (Lipinski definition) is 0.